The van der Waals surface area contributed by atoms with Gasteiger partial charge in [0.15, 0.2) is 0 Å². The Balaban J connectivity index is 1.31. The lowest BCUT2D eigenvalue weighted by molar-refractivity contribution is -0.139. The summed E-state index contributed by atoms with van der Waals surface area (Å²) < 4.78 is 5.96. The number of carbonyl (C=O) groups is 2. The molecular formula is C23H28N2O3. The second-order valence-electron chi connectivity index (χ2n) is 7.76. The van der Waals surface area contributed by atoms with Gasteiger partial charge in [-0.05, 0) is 29.2 Å². The number of amides is 2. The molecule has 0 radical (unpaired) electrons. The Kier molecular flexibility index (Phi) is 5.91. The minimum atomic E-state index is 0.0312. The Hall–Kier alpha value is -2.40. The van der Waals surface area contributed by atoms with Crippen LogP contribution in [0.2, 0.25) is 0 Å². The maximum atomic E-state index is 12.6. The fourth-order valence-electron chi connectivity index (χ4n) is 4.30. The summed E-state index contributed by atoms with van der Waals surface area (Å²) in [7, 11) is 0. The molecule has 28 heavy (non-hydrogen) atoms. The van der Waals surface area contributed by atoms with Crippen molar-refractivity contribution in [2.45, 2.75) is 38.2 Å². The molecule has 2 aliphatic heterocycles. The first kappa shape index (κ1) is 18.9. The van der Waals surface area contributed by atoms with Crippen molar-refractivity contribution in [1.82, 2.24) is 9.80 Å². The molecular weight excluding hydrogens is 352 g/mol. The third-order valence-corrected chi connectivity index (χ3v) is 5.81. The van der Waals surface area contributed by atoms with Gasteiger partial charge in [0.2, 0.25) is 11.8 Å². The highest BCUT2D eigenvalue weighted by molar-refractivity contribution is 5.85. The fourth-order valence-corrected chi connectivity index (χ4v) is 4.30. The van der Waals surface area contributed by atoms with Crippen LogP contribution in [-0.4, -0.2) is 60.5 Å². The number of nitrogens with zero attached hydrogens (tertiary/aromatic N) is 2. The van der Waals surface area contributed by atoms with E-state index in [0.29, 0.717) is 39.1 Å². The lowest BCUT2D eigenvalue weighted by Crippen LogP contribution is -2.46. The standard InChI is InChI=1S/C23H28N2O3/c26-22-10-4-12-24(22)13-5-11-23(27)25-14-15-28-20(17-25)16-19-8-3-7-18-6-1-2-9-21(18)19/h1-3,6-9,20H,4-5,10-17H2/t20-/m1/s1. The van der Waals surface area contributed by atoms with Crippen LogP contribution in [0.1, 0.15) is 31.2 Å². The molecule has 148 valence electrons. The van der Waals surface area contributed by atoms with Crippen LogP contribution in [0, 0.1) is 0 Å². The summed E-state index contributed by atoms with van der Waals surface area (Å²) in [5.74, 6) is 0.409. The van der Waals surface area contributed by atoms with Crippen LogP contribution in [0.25, 0.3) is 10.8 Å². The minimum absolute atomic E-state index is 0.0312. The summed E-state index contributed by atoms with van der Waals surface area (Å²) in [6, 6.07) is 14.8. The number of carbonyl (C=O) groups excluding carboxylic acids is 2. The normalized spacial score (nSPS) is 20.1. The molecule has 0 unspecified atom stereocenters. The van der Waals surface area contributed by atoms with Crippen molar-refractivity contribution in [2.24, 2.45) is 0 Å². The molecule has 2 aromatic carbocycles. The van der Waals surface area contributed by atoms with E-state index in [1.807, 2.05) is 9.80 Å². The smallest absolute Gasteiger partial charge is 0.222 e. The summed E-state index contributed by atoms with van der Waals surface area (Å²) in [6.45, 7) is 3.44. The Morgan fingerprint density at radius 2 is 1.96 bits per heavy atom. The molecule has 0 N–H and O–H groups in total. The molecule has 2 aromatic rings. The second-order valence-corrected chi connectivity index (χ2v) is 7.76. The van der Waals surface area contributed by atoms with Crippen molar-refractivity contribution >= 4 is 22.6 Å². The molecule has 2 saturated heterocycles. The van der Waals surface area contributed by atoms with Gasteiger partial charge in [-0.1, -0.05) is 42.5 Å². The molecule has 0 spiro atoms. The van der Waals surface area contributed by atoms with Gasteiger partial charge >= 0.3 is 0 Å². The predicted octanol–water partition coefficient (Wildman–Crippen LogP) is 3.01. The summed E-state index contributed by atoms with van der Waals surface area (Å²) in [4.78, 5) is 28.1. The van der Waals surface area contributed by atoms with E-state index in [9.17, 15) is 9.59 Å². The topological polar surface area (TPSA) is 49.9 Å². The first-order chi connectivity index (χ1) is 13.7. The fraction of sp³-hybridized carbons (Fsp3) is 0.478. The van der Waals surface area contributed by atoms with Crippen LogP contribution in [-0.2, 0) is 20.7 Å². The first-order valence-electron chi connectivity index (χ1n) is 10.3. The lowest BCUT2D eigenvalue weighted by atomic mass is 9.99. The van der Waals surface area contributed by atoms with E-state index in [2.05, 4.69) is 42.5 Å². The average molecular weight is 380 g/mol. The van der Waals surface area contributed by atoms with Gasteiger partial charge in [-0.15, -0.1) is 0 Å². The van der Waals surface area contributed by atoms with Crippen molar-refractivity contribution < 1.29 is 14.3 Å². The van der Waals surface area contributed by atoms with Gasteiger partial charge in [0.25, 0.3) is 0 Å². The number of hydrogen-bond donors (Lipinski definition) is 0. The largest absolute Gasteiger partial charge is 0.374 e. The third-order valence-electron chi connectivity index (χ3n) is 5.81. The number of rotatable bonds is 6. The molecule has 2 amide bonds. The Morgan fingerprint density at radius 3 is 2.82 bits per heavy atom. The number of morpholine rings is 1. The highest BCUT2D eigenvalue weighted by Crippen LogP contribution is 2.22. The van der Waals surface area contributed by atoms with E-state index in [4.69, 9.17) is 4.74 Å². The van der Waals surface area contributed by atoms with Gasteiger partial charge in [-0.3, -0.25) is 9.59 Å². The summed E-state index contributed by atoms with van der Waals surface area (Å²) >= 11 is 0. The van der Waals surface area contributed by atoms with Crippen LogP contribution in [0.4, 0.5) is 0 Å². The summed E-state index contributed by atoms with van der Waals surface area (Å²) in [5.41, 5.74) is 1.27. The Morgan fingerprint density at radius 1 is 1.11 bits per heavy atom. The molecule has 0 aromatic heterocycles. The van der Waals surface area contributed by atoms with Gasteiger partial charge in [0.05, 0.1) is 12.7 Å². The maximum absolute atomic E-state index is 12.6. The average Bonchev–Trinajstić information content (AvgIpc) is 3.13. The van der Waals surface area contributed by atoms with Crippen LogP contribution in [0.5, 0.6) is 0 Å². The van der Waals surface area contributed by atoms with E-state index >= 15 is 0 Å². The van der Waals surface area contributed by atoms with E-state index < -0.39 is 0 Å². The van der Waals surface area contributed by atoms with Crippen molar-refractivity contribution in [2.75, 3.05) is 32.8 Å². The lowest BCUT2D eigenvalue weighted by Gasteiger charge is -2.33. The molecule has 0 aliphatic carbocycles. The van der Waals surface area contributed by atoms with Crippen LogP contribution >= 0.6 is 0 Å². The van der Waals surface area contributed by atoms with E-state index in [-0.39, 0.29) is 17.9 Å². The molecule has 0 saturated carbocycles. The van der Waals surface area contributed by atoms with E-state index in [0.717, 1.165) is 25.8 Å². The number of fused-ring (bicyclic) bond motifs is 1. The Bertz CT molecular complexity index is 845. The van der Waals surface area contributed by atoms with E-state index in [1.165, 1.54) is 16.3 Å². The van der Waals surface area contributed by atoms with Gasteiger partial charge in [-0.25, -0.2) is 0 Å². The van der Waals surface area contributed by atoms with Gasteiger partial charge in [0.1, 0.15) is 0 Å². The van der Waals surface area contributed by atoms with Crippen molar-refractivity contribution in [3.63, 3.8) is 0 Å². The number of hydrogen-bond acceptors (Lipinski definition) is 3. The quantitative estimate of drug-likeness (QED) is 0.774. The zero-order valence-electron chi connectivity index (χ0n) is 16.3. The number of likely N-dealkylation sites (tertiary alicyclic amines) is 1. The zero-order valence-corrected chi connectivity index (χ0v) is 16.3. The van der Waals surface area contributed by atoms with Crippen molar-refractivity contribution in [1.29, 1.82) is 0 Å². The predicted molar refractivity (Wildman–Crippen MR) is 109 cm³/mol. The van der Waals surface area contributed by atoms with Gasteiger partial charge in [-0.2, -0.15) is 0 Å². The number of ether oxygens (including phenoxy) is 1. The number of benzene rings is 2. The highest BCUT2D eigenvalue weighted by atomic mass is 16.5. The molecule has 2 fully saturated rings. The summed E-state index contributed by atoms with van der Waals surface area (Å²) in [5, 5.41) is 2.49. The SMILES string of the molecule is O=C1CCCN1CCCC(=O)N1CCO[C@H](Cc2cccc3ccccc23)C1. The minimum Gasteiger partial charge on any atom is -0.374 e. The monoisotopic (exact) mass is 380 g/mol. The highest BCUT2D eigenvalue weighted by Gasteiger charge is 2.25. The summed E-state index contributed by atoms with van der Waals surface area (Å²) in [6.07, 6.45) is 3.71. The molecule has 2 heterocycles. The molecule has 2 aliphatic rings. The first-order valence-corrected chi connectivity index (χ1v) is 10.3. The Labute approximate surface area is 166 Å². The van der Waals surface area contributed by atoms with Gasteiger partial charge < -0.3 is 14.5 Å². The molecule has 0 bridgehead atoms. The van der Waals surface area contributed by atoms with Gasteiger partial charge in [0, 0.05) is 45.4 Å². The second kappa shape index (κ2) is 8.74. The van der Waals surface area contributed by atoms with Crippen molar-refractivity contribution in [3.05, 3.63) is 48.0 Å². The van der Waals surface area contributed by atoms with Crippen molar-refractivity contribution in [3.8, 4) is 0 Å². The van der Waals surface area contributed by atoms with Crippen LogP contribution < -0.4 is 0 Å². The molecule has 4 rings (SSSR count). The molecule has 1 atom stereocenters. The van der Waals surface area contributed by atoms with Crippen LogP contribution in [0.15, 0.2) is 42.5 Å². The zero-order chi connectivity index (χ0) is 19.3. The molecule has 5 heteroatoms. The maximum Gasteiger partial charge on any atom is 0.222 e. The third kappa shape index (κ3) is 4.36. The van der Waals surface area contributed by atoms with Crippen LogP contribution in [0.3, 0.4) is 0 Å². The van der Waals surface area contributed by atoms with E-state index in [1.54, 1.807) is 0 Å². The molecule has 5 nitrogen and oxygen atoms in total.